The molecule has 8 nitrogen and oxygen atoms in total. The van der Waals surface area contributed by atoms with Gasteiger partial charge in [-0.2, -0.15) is 0 Å². The van der Waals surface area contributed by atoms with Crippen molar-refractivity contribution in [2.75, 3.05) is 31.0 Å². The van der Waals surface area contributed by atoms with Crippen LogP contribution in [-0.4, -0.2) is 41.0 Å². The average molecular weight is 420 g/mol. The number of rotatable bonds is 9. The number of carbonyl (C=O) groups is 1. The smallest absolute Gasteiger partial charge is 0.232 e. The van der Waals surface area contributed by atoms with Gasteiger partial charge in [0.2, 0.25) is 22.7 Å². The number of anilines is 1. The van der Waals surface area contributed by atoms with Gasteiger partial charge in [0.15, 0.2) is 11.5 Å². The number of sulfonamides is 1. The average Bonchev–Trinajstić information content (AvgIpc) is 3.17. The summed E-state index contributed by atoms with van der Waals surface area (Å²) in [6, 6.07) is 12.4. The lowest BCUT2D eigenvalue weighted by molar-refractivity contribution is -0.121. The number of hydrogen-bond acceptors (Lipinski definition) is 6. The molecule has 0 saturated heterocycles. The first-order valence-electron chi connectivity index (χ1n) is 9.14. The quantitative estimate of drug-likeness (QED) is 0.669. The fourth-order valence-electron chi connectivity index (χ4n) is 2.94. The largest absolute Gasteiger partial charge is 0.497 e. The van der Waals surface area contributed by atoms with Crippen LogP contribution in [0.1, 0.15) is 18.4 Å². The molecule has 0 bridgehead atoms. The van der Waals surface area contributed by atoms with Crippen LogP contribution < -0.4 is 23.8 Å². The van der Waals surface area contributed by atoms with Gasteiger partial charge in [-0.3, -0.25) is 9.10 Å². The molecule has 29 heavy (non-hydrogen) atoms. The standard InChI is InChI=1S/C20H24N2O6S/c1-26-17-8-5-15(6-9-17)13-21-20(23)4-3-11-22(29(2,24)25)16-7-10-18-19(12-16)28-14-27-18/h5-10,12H,3-4,11,13-14H2,1-2H3,(H,21,23). The number of fused-ring (bicyclic) bond motifs is 1. The Morgan fingerprint density at radius 1 is 1.14 bits per heavy atom. The molecule has 0 radical (unpaired) electrons. The monoisotopic (exact) mass is 420 g/mol. The van der Waals surface area contributed by atoms with Gasteiger partial charge in [0, 0.05) is 25.6 Å². The van der Waals surface area contributed by atoms with Crippen molar-refractivity contribution >= 4 is 21.6 Å². The topological polar surface area (TPSA) is 94.2 Å². The minimum Gasteiger partial charge on any atom is -0.497 e. The predicted molar refractivity (Wildman–Crippen MR) is 109 cm³/mol. The van der Waals surface area contributed by atoms with Crippen molar-refractivity contribution in [2.45, 2.75) is 19.4 Å². The van der Waals surface area contributed by atoms with Gasteiger partial charge in [-0.25, -0.2) is 8.42 Å². The Morgan fingerprint density at radius 2 is 1.86 bits per heavy atom. The number of benzene rings is 2. The van der Waals surface area contributed by atoms with E-state index in [-0.39, 0.29) is 25.7 Å². The molecule has 1 aliphatic rings. The summed E-state index contributed by atoms with van der Waals surface area (Å²) in [5, 5.41) is 2.84. The fourth-order valence-corrected chi connectivity index (χ4v) is 3.90. The van der Waals surface area contributed by atoms with Crippen molar-refractivity contribution in [3.05, 3.63) is 48.0 Å². The number of carbonyl (C=O) groups excluding carboxylic acids is 1. The van der Waals surface area contributed by atoms with Gasteiger partial charge in [0.25, 0.3) is 0 Å². The molecule has 0 spiro atoms. The maximum absolute atomic E-state index is 12.2. The maximum atomic E-state index is 12.2. The van der Waals surface area contributed by atoms with Crippen LogP contribution in [0.4, 0.5) is 5.69 Å². The third kappa shape index (κ3) is 5.54. The molecule has 156 valence electrons. The van der Waals surface area contributed by atoms with Gasteiger partial charge in [-0.1, -0.05) is 12.1 Å². The Labute approximate surface area is 170 Å². The molecule has 3 rings (SSSR count). The summed E-state index contributed by atoms with van der Waals surface area (Å²) in [6.45, 7) is 0.710. The summed E-state index contributed by atoms with van der Waals surface area (Å²) < 4.78 is 41.4. The second-order valence-electron chi connectivity index (χ2n) is 6.60. The molecule has 0 atom stereocenters. The van der Waals surface area contributed by atoms with Crippen molar-refractivity contribution in [3.63, 3.8) is 0 Å². The van der Waals surface area contributed by atoms with Crippen LogP contribution in [0.5, 0.6) is 17.2 Å². The normalized spacial score (nSPS) is 12.5. The Morgan fingerprint density at radius 3 is 2.55 bits per heavy atom. The van der Waals surface area contributed by atoms with Crippen molar-refractivity contribution in [3.8, 4) is 17.2 Å². The molecule has 2 aromatic rings. The van der Waals surface area contributed by atoms with Crippen LogP contribution in [0.3, 0.4) is 0 Å². The number of methoxy groups -OCH3 is 1. The molecule has 1 N–H and O–H groups in total. The first-order valence-corrected chi connectivity index (χ1v) is 11.0. The maximum Gasteiger partial charge on any atom is 0.232 e. The zero-order valence-electron chi connectivity index (χ0n) is 16.4. The van der Waals surface area contributed by atoms with Gasteiger partial charge < -0.3 is 19.5 Å². The van der Waals surface area contributed by atoms with Crippen LogP contribution >= 0.6 is 0 Å². The molecular weight excluding hydrogens is 396 g/mol. The first kappa shape index (κ1) is 20.8. The van der Waals surface area contributed by atoms with Gasteiger partial charge in [0.05, 0.1) is 19.1 Å². The lowest BCUT2D eigenvalue weighted by Crippen LogP contribution is -2.32. The molecule has 9 heteroatoms. The van der Waals surface area contributed by atoms with E-state index < -0.39 is 10.0 Å². The SMILES string of the molecule is COc1ccc(CNC(=O)CCCN(c2ccc3c(c2)OCO3)S(C)(=O)=O)cc1. The minimum absolute atomic E-state index is 0.117. The van der Waals surface area contributed by atoms with Crippen molar-refractivity contribution < 1.29 is 27.4 Å². The third-order valence-corrected chi connectivity index (χ3v) is 5.65. The summed E-state index contributed by atoms with van der Waals surface area (Å²) in [4.78, 5) is 12.1. The summed E-state index contributed by atoms with van der Waals surface area (Å²) in [5.41, 5.74) is 1.44. The molecule has 0 aliphatic carbocycles. The number of amides is 1. The molecule has 2 aromatic carbocycles. The number of ether oxygens (including phenoxy) is 3. The summed E-state index contributed by atoms with van der Waals surface area (Å²) >= 11 is 0. The van der Waals surface area contributed by atoms with E-state index in [1.54, 1.807) is 25.3 Å². The van der Waals surface area contributed by atoms with E-state index in [1.807, 2.05) is 24.3 Å². The second-order valence-corrected chi connectivity index (χ2v) is 8.51. The zero-order chi connectivity index (χ0) is 20.9. The summed E-state index contributed by atoms with van der Waals surface area (Å²) in [5.74, 6) is 1.71. The zero-order valence-corrected chi connectivity index (χ0v) is 17.2. The van der Waals surface area contributed by atoms with E-state index in [9.17, 15) is 13.2 Å². The van der Waals surface area contributed by atoms with E-state index in [0.717, 1.165) is 17.6 Å². The molecule has 0 unspecified atom stereocenters. The molecule has 1 aliphatic heterocycles. The molecule has 0 fully saturated rings. The molecular formula is C20H24N2O6S. The Bertz CT molecular complexity index is 959. The molecule has 0 aromatic heterocycles. The highest BCUT2D eigenvalue weighted by Gasteiger charge is 2.21. The van der Waals surface area contributed by atoms with E-state index in [4.69, 9.17) is 14.2 Å². The van der Waals surface area contributed by atoms with Crippen molar-refractivity contribution in [1.29, 1.82) is 0 Å². The van der Waals surface area contributed by atoms with Gasteiger partial charge in [0.1, 0.15) is 5.75 Å². The van der Waals surface area contributed by atoms with Crippen LogP contribution in [0.15, 0.2) is 42.5 Å². The highest BCUT2D eigenvalue weighted by atomic mass is 32.2. The Balaban J connectivity index is 1.52. The highest BCUT2D eigenvalue weighted by Crippen LogP contribution is 2.36. The predicted octanol–water partition coefficient (Wildman–Crippen LogP) is 2.29. The lowest BCUT2D eigenvalue weighted by atomic mass is 10.2. The Hall–Kier alpha value is -2.94. The van der Waals surface area contributed by atoms with Gasteiger partial charge >= 0.3 is 0 Å². The van der Waals surface area contributed by atoms with E-state index in [2.05, 4.69) is 5.32 Å². The van der Waals surface area contributed by atoms with Crippen LogP contribution in [0, 0.1) is 0 Å². The number of nitrogens with one attached hydrogen (secondary N) is 1. The molecule has 1 heterocycles. The van der Waals surface area contributed by atoms with E-state index in [0.29, 0.717) is 30.2 Å². The second kappa shape index (κ2) is 9.04. The number of hydrogen-bond donors (Lipinski definition) is 1. The lowest BCUT2D eigenvalue weighted by Gasteiger charge is -2.22. The first-order chi connectivity index (χ1) is 13.9. The summed E-state index contributed by atoms with van der Waals surface area (Å²) in [7, 11) is -1.90. The van der Waals surface area contributed by atoms with Crippen molar-refractivity contribution in [1.82, 2.24) is 5.32 Å². The molecule has 0 saturated carbocycles. The molecule has 1 amide bonds. The van der Waals surface area contributed by atoms with E-state index in [1.165, 1.54) is 4.31 Å². The third-order valence-electron chi connectivity index (χ3n) is 4.46. The fraction of sp³-hybridized carbons (Fsp3) is 0.350. The van der Waals surface area contributed by atoms with Crippen LogP contribution in [0.25, 0.3) is 0 Å². The van der Waals surface area contributed by atoms with Crippen molar-refractivity contribution in [2.24, 2.45) is 0 Å². The van der Waals surface area contributed by atoms with Crippen LogP contribution in [-0.2, 0) is 21.4 Å². The van der Waals surface area contributed by atoms with Crippen LogP contribution in [0.2, 0.25) is 0 Å². The highest BCUT2D eigenvalue weighted by molar-refractivity contribution is 7.92. The van der Waals surface area contributed by atoms with Gasteiger partial charge in [-0.15, -0.1) is 0 Å². The van der Waals surface area contributed by atoms with E-state index >= 15 is 0 Å². The number of nitrogens with zero attached hydrogens (tertiary/aromatic N) is 1. The Kier molecular flexibility index (Phi) is 6.48. The van der Waals surface area contributed by atoms with Gasteiger partial charge in [-0.05, 0) is 36.2 Å². The summed E-state index contributed by atoms with van der Waals surface area (Å²) in [6.07, 6.45) is 1.74. The minimum atomic E-state index is -3.50.